The molecule has 0 spiro atoms. The summed E-state index contributed by atoms with van der Waals surface area (Å²) in [4.78, 5) is 11.2. The smallest absolute Gasteiger partial charge is 0.337 e. The summed E-state index contributed by atoms with van der Waals surface area (Å²) < 4.78 is 9.48. The Morgan fingerprint density at radius 3 is 3.07 bits per heavy atom. The standard InChI is InChI=1S/C9H6ClNO2S/c1-13-9(12)5-2-7(10)6-4-11-14-8(6)3-5/h2-4H,1H3. The number of esters is 1. The lowest BCUT2D eigenvalue weighted by Crippen LogP contribution is -2.00. The molecule has 0 aliphatic rings. The van der Waals surface area contributed by atoms with Crippen LogP contribution in [0.15, 0.2) is 18.3 Å². The van der Waals surface area contributed by atoms with E-state index in [9.17, 15) is 4.79 Å². The summed E-state index contributed by atoms with van der Waals surface area (Å²) in [5.74, 6) is -0.387. The van der Waals surface area contributed by atoms with Gasteiger partial charge < -0.3 is 4.74 Å². The van der Waals surface area contributed by atoms with Crippen molar-refractivity contribution in [2.45, 2.75) is 0 Å². The highest BCUT2D eigenvalue weighted by Crippen LogP contribution is 2.27. The van der Waals surface area contributed by atoms with Crippen molar-refractivity contribution in [3.8, 4) is 0 Å². The zero-order valence-electron chi connectivity index (χ0n) is 7.28. The molecule has 0 aliphatic heterocycles. The number of rotatable bonds is 1. The van der Waals surface area contributed by atoms with E-state index in [0.29, 0.717) is 10.6 Å². The lowest BCUT2D eigenvalue weighted by molar-refractivity contribution is 0.0601. The third-order valence-electron chi connectivity index (χ3n) is 1.85. The van der Waals surface area contributed by atoms with Crippen LogP contribution in [0, 0.1) is 0 Å². The molecule has 2 aromatic rings. The van der Waals surface area contributed by atoms with Gasteiger partial charge in [-0.3, -0.25) is 0 Å². The molecule has 3 nitrogen and oxygen atoms in total. The maximum atomic E-state index is 11.2. The summed E-state index contributed by atoms with van der Waals surface area (Å²) in [5, 5.41) is 1.39. The molecule has 0 fully saturated rings. The molecule has 1 heterocycles. The minimum absolute atomic E-state index is 0.387. The molecule has 0 N–H and O–H groups in total. The SMILES string of the molecule is COC(=O)c1cc(Cl)c2cnsc2c1. The topological polar surface area (TPSA) is 39.2 Å². The van der Waals surface area contributed by atoms with Crippen LogP contribution in [0.3, 0.4) is 0 Å². The molecule has 0 bridgehead atoms. The first kappa shape index (κ1) is 9.43. The maximum absolute atomic E-state index is 11.2. The number of aromatic nitrogens is 1. The molecular weight excluding hydrogens is 222 g/mol. The van der Waals surface area contributed by atoms with Gasteiger partial charge in [-0.2, -0.15) is 4.37 Å². The van der Waals surface area contributed by atoms with Crippen molar-refractivity contribution in [1.29, 1.82) is 0 Å². The van der Waals surface area contributed by atoms with Gasteiger partial charge in [0.25, 0.3) is 0 Å². The van der Waals surface area contributed by atoms with Crippen LogP contribution in [0.1, 0.15) is 10.4 Å². The molecule has 0 saturated heterocycles. The quantitative estimate of drug-likeness (QED) is 0.704. The van der Waals surface area contributed by atoms with Gasteiger partial charge in [-0.05, 0) is 23.7 Å². The van der Waals surface area contributed by atoms with Crippen molar-refractivity contribution in [3.05, 3.63) is 28.9 Å². The molecule has 1 aromatic carbocycles. The number of methoxy groups -OCH3 is 1. The largest absolute Gasteiger partial charge is 0.465 e. The molecule has 2 rings (SSSR count). The third-order valence-corrected chi connectivity index (χ3v) is 2.90. The minimum atomic E-state index is -0.387. The third kappa shape index (κ3) is 1.47. The van der Waals surface area contributed by atoms with E-state index in [4.69, 9.17) is 11.6 Å². The first-order valence-corrected chi connectivity index (χ1v) is 5.00. The summed E-state index contributed by atoms with van der Waals surface area (Å²) in [7, 11) is 1.34. The van der Waals surface area contributed by atoms with Gasteiger partial charge in [-0.25, -0.2) is 4.79 Å². The molecule has 0 unspecified atom stereocenters. The van der Waals surface area contributed by atoms with Crippen LogP contribution in [-0.2, 0) is 4.74 Å². The van der Waals surface area contributed by atoms with Gasteiger partial charge >= 0.3 is 5.97 Å². The number of hydrogen-bond acceptors (Lipinski definition) is 4. The van der Waals surface area contributed by atoms with Crippen LogP contribution < -0.4 is 0 Å². The van der Waals surface area contributed by atoms with E-state index in [0.717, 1.165) is 10.1 Å². The minimum Gasteiger partial charge on any atom is -0.465 e. The van der Waals surface area contributed by atoms with E-state index < -0.39 is 0 Å². The van der Waals surface area contributed by atoms with Crippen LogP contribution in [0.5, 0.6) is 0 Å². The van der Waals surface area contributed by atoms with Gasteiger partial charge in [0.05, 0.1) is 28.6 Å². The Balaban J connectivity index is 2.64. The summed E-state index contributed by atoms with van der Waals surface area (Å²) in [6.45, 7) is 0. The number of carbonyl (C=O) groups excluding carboxylic acids is 1. The Bertz CT molecular complexity index is 495. The number of benzene rings is 1. The van der Waals surface area contributed by atoms with Crippen molar-refractivity contribution in [1.82, 2.24) is 4.37 Å². The summed E-state index contributed by atoms with van der Waals surface area (Å²) in [6.07, 6.45) is 1.68. The fraction of sp³-hybridized carbons (Fsp3) is 0.111. The zero-order chi connectivity index (χ0) is 10.1. The fourth-order valence-corrected chi connectivity index (χ4v) is 2.20. The Kier molecular flexibility index (Phi) is 2.39. The van der Waals surface area contributed by atoms with E-state index in [2.05, 4.69) is 9.11 Å². The summed E-state index contributed by atoms with van der Waals surface area (Å²) in [6, 6.07) is 3.31. The second kappa shape index (κ2) is 3.55. The number of ether oxygens (including phenoxy) is 1. The van der Waals surface area contributed by atoms with Crippen LogP contribution >= 0.6 is 23.1 Å². The van der Waals surface area contributed by atoms with Crippen molar-refractivity contribution in [3.63, 3.8) is 0 Å². The predicted octanol–water partition coefficient (Wildman–Crippen LogP) is 2.74. The molecule has 5 heteroatoms. The number of nitrogens with zero attached hydrogens (tertiary/aromatic N) is 1. The lowest BCUT2D eigenvalue weighted by Gasteiger charge is -1.99. The van der Waals surface area contributed by atoms with E-state index in [1.807, 2.05) is 0 Å². The molecule has 14 heavy (non-hydrogen) atoms. The highest BCUT2D eigenvalue weighted by molar-refractivity contribution is 7.13. The first-order chi connectivity index (χ1) is 6.72. The van der Waals surface area contributed by atoms with Gasteiger partial charge in [0.1, 0.15) is 0 Å². The van der Waals surface area contributed by atoms with Crippen molar-refractivity contribution in [2.75, 3.05) is 7.11 Å². The molecule has 1 aromatic heterocycles. The van der Waals surface area contributed by atoms with Gasteiger partial charge in [-0.15, -0.1) is 0 Å². The second-order valence-corrected chi connectivity index (χ2v) is 3.93. The Hall–Kier alpha value is -1.13. The van der Waals surface area contributed by atoms with E-state index in [-0.39, 0.29) is 5.97 Å². The average Bonchev–Trinajstić information content (AvgIpc) is 2.64. The molecule has 0 saturated carbocycles. The average molecular weight is 228 g/mol. The molecule has 72 valence electrons. The summed E-state index contributed by atoms with van der Waals surface area (Å²) in [5.41, 5.74) is 0.453. The number of halogens is 1. The van der Waals surface area contributed by atoms with Gasteiger partial charge in [0.15, 0.2) is 0 Å². The first-order valence-electron chi connectivity index (χ1n) is 3.84. The van der Waals surface area contributed by atoms with Crippen LogP contribution in [0.2, 0.25) is 5.02 Å². The number of carbonyl (C=O) groups is 1. The normalized spacial score (nSPS) is 10.4. The van der Waals surface area contributed by atoms with Gasteiger partial charge in [0, 0.05) is 5.39 Å². The maximum Gasteiger partial charge on any atom is 0.337 e. The molecule has 0 atom stereocenters. The Morgan fingerprint density at radius 1 is 1.57 bits per heavy atom. The fourth-order valence-electron chi connectivity index (χ4n) is 1.16. The highest BCUT2D eigenvalue weighted by atomic mass is 35.5. The van der Waals surface area contributed by atoms with Crippen molar-refractivity contribution < 1.29 is 9.53 Å². The van der Waals surface area contributed by atoms with E-state index in [1.165, 1.54) is 18.6 Å². The van der Waals surface area contributed by atoms with Crippen LogP contribution in [0.4, 0.5) is 0 Å². The molecular formula is C9H6ClNO2S. The predicted molar refractivity (Wildman–Crippen MR) is 56.0 cm³/mol. The molecule has 0 aliphatic carbocycles. The van der Waals surface area contributed by atoms with Gasteiger partial charge in [0.2, 0.25) is 0 Å². The zero-order valence-corrected chi connectivity index (χ0v) is 8.85. The Morgan fingerprint density at radius 2 is 2.36 bits per heavy atom. The van der Waals surface area contributed by atoms with Crippen molar-refractivity contribution >= 4 is 39.2 Å². The number of hydrogen-bond donors (Lipinski definition) is 0. The lowest BCUT2D eigenvalue weighted by atomic mass is 10.2. The molecule has 0 amide bonds. The summed E-state index contributed by atoms with van der Waals surface area (Å²) >= 11 is 7.26. The van der Waals surface area contributed by atoms with Crippen molar-refractivity contribution in [2.24, 2.45) is 0 Å². The Labute approximate surface area is 89.4 Å². The van der Waals surface area contributed by atoms with Gasteiger partial charge in [-0.1, -0.05) is 11.6 Å². The van der Waals surface area contributed by atoms with Crippen LogP contribution in [-0.4, -0.2) is 17.5 Å². The second-order valence-electron chi connectivity index (χ2n) is 2.69. The monoisotopic (exact) mass is 227 g/mol. The van der Waals surface area contributed by atoms with E-state index in [1.54, 1.807) is 18.3 Å². The highest BCUT2D eigenvalue weighted by Gasteiger charge is 2.10. The van der Waals surface area contributed by atoms with E-state index >= 15 is 0 Å². The molecule has 0 radical (unpaired) electrons. The number of fused-ring (bicyclic) bond motifs is 1. The van der Waals surface area contributed by atoms with Crippen LogP contribution in [0.25, 0.3) is 10.1 Å².